The molecule has 0 radical (unpaired) electrons. The summed E-state index contributed by atoms with van der Waals surface area (Å²) >= 11 is 9.63. The quantitative estimate of drug-likeness (QED) is 0.663. The zero-order valence-electron chi connectivity index (χ0n) is 10.6. The third-order valence-electron chi connectivity index (χ3n) is 3.37. The average Bonchev–Trinajstić information content (AvgIpc) is 2.49. The highest BCUT2D eigenvalue weighted by molar-refractivity contribution is 9.10. The fraction of sp³-hybridized carbons (Fsp3) is 0.0588. The Morgan fingerprint density at radius 2 is 1.65 bits per heavy atom. The number of rotatable bonds is 2. The van der Waals surface area contributed by atoms with Gasteiger partial charge in [-0.2, -0.15) is 0 Å². The summed E-state index contributed by atoms with van der Waals surface area (Å²) in [5.74, 6) is 0. The van der Waals surface area contributed by atoms with Crippen LogP contribution in [0.5, 0.6) is 0 Å². The molecule has 0 saturated heterocycles. The van der Waals surface area contributed by atoms with Crippen molar-refractivity contribution >= 4 is 38.3 Å². The highest BCUT2D eigenvalue weighted by atomic mass is 79.9. The van der Waals surface area contributed by atoms with Crippen LogP contribution in [0.4, 0.5) is 0 Å². The zero-order chi connectivity index (χ0) is 14.1. The van der Waals surface area contributed by atoms with E-state index in [1.165, 1.54) is 0 Å². The lowest BCUT2D eigenvalue weighted by Gasteiger charge is -2.14. The zero-order valence-corrected chi connectivity index (χ0v) is 12.9. The van der Waals surface area contributed by atoms with Crippen molar-refractivity contribution in [3.8, 4) is 0 Å². The van der Waals surface area contributed by atoms with Gasteiger partial charge in [0.2, 0.25) is 0 Å². The molecule has 0 aliphatic heterocycles. The van der Waals surface area contributed by atoms with Crippen molar-refractivity contribution in [2.45, 2.75) is 6.10 Å². The highest BCUT2D eigenvalue weighted by Crippen LogP contribution is 2.34. The summed E-state index contributed by atoms with van der Waals surface area (Å²) in [6, 6.07) is 19.6. The number of benzene rings is 3. The van der Waals surface area contributed by atoms with E-state index < -0.39 is 6.10 Å². The largest absolute Gasteiger partial charge is 0.384 e. The molecule has 0 spiro atoms. The molecule has 1 nitrogen and oxygen atoms in total. The molecule has 0 amide bonds. The number of halogens is 2. The minimum Gasteiger partial charge on any atom is -0.384 e. The molecule has 1 N–H and O–H groups in total. The second-order valence-corrected chi connectivity index (χ2v) is 5.88. The standard InChI is InChI=1S/C17H12BrClO/c18-15-7-3-6-14(16(15)19)17(20)13-9-8-11-4-1-2-5-12(11)10-13/h1-10,17,20H. The maximum atomic E-state index is 10.6. The van der Waals surface area contributed by atoms with Gasteiger partial charge >= 0.3 is 0 Å². The maximum Gasteiger partial charge on any atom is 0.106 e. The summed E-state index contributed by atoms with van der Waals surface area (Å²) in [4.78, 5) is 0. The number of aliphatic hydroxyl groups excluding tert-OH is 1. The van der Waals surface area contributed by atoms with Crippen LogP contribution in [-0.2, 0) is 0 Å². The molecule has 0 heterocycles. The van der Waals surface area contributed by atoms with Gasteiger partial charge in [0.05, 0.1) is 5.02 Å². The lowest BCUT2D eigenvalue weighted by molar-refractivity contribution is 0.220. The van der Waals surface area contributed by atoms with Crippen molar-refractivity contribution in [3.63, 3.8) is 0 Å². The van der Waals surface area contributed by atoms with Crippen LogP contribution in [0.15, 0.2) is 65.1 Å². The molecule has 20 heavy (non-hydrogen) atoms. The molecule has 100 valence electrons. The normalized spacial score (nSPS) is 12.6. The van der Waals surface area contributed by atoms with Gasteiger partial charge in [0.25, 0.3) is 0 Å². The van der Waals surface area contributed by atoms with Crippen molar-refractivity contribution in [2.24, 2.45) is 0 Å². The van der Waals surface area contributed by atoms with Gasteiger partial charge < -0.3 is 5.11 Å². The van der Waals surface area contributed by atoms with E-state index in [4.69, 9.17) is 11.6 Å². The van der Waals surface area contributed by atoms with Crippen molar-refractivity contribution in [1.29, 1.82) is 0 Å². The second kappa shape index (κ2) is 5.57. The average molecular weight is 348 g/mol. The first-order chi connectivity index (χ1) is 9.66. The molecular formula is C17H12BrClO. The lowest BCUT2D eigenvalue weighted by atomic mass is 9.98. The van der Waals surface area contributed by atoms with Gasteiger partial charge in [0, 0.05) is 10.0 Å². The molecular weight excluding hydrogens is 336 g/mol. The molecule has 0 aliphatic carbocycles. The maximum absolute atomic E-state index is 10.6. The summed E-state index contributed by atoms with van der Waals surface area (Å²) in [5.41, 5.74) is 1.54. The summed E-state index contributed by atoms with van der Waals surface area (Å²) in [6.07, 6.45) is -0.732. The van der Waals surface area contributed by atoms with E-state index in [0.717, 1.165) is 20.8 Å². The molecule has 0 saturated carbocycles. The Morgan fingerprint density at radius 1 is 0.900 bits per heavy atom. The van der Waals surface area contributed by atoms with E-state index in [1.54, 1.807) is 0 Å². The van der Waals surface area contributed by atoms with E-state index in [-0.39, 0.29) is 0 Å². The SMILES string of the molecule is OC(c1ccc2ccccc2c1)c1cccc(Br)c1Cl. The molecule has 3 heteroatoms. The Morgan fingerprint density at radius 3 is 2.45 bits per heavy atom. The summed E-state index contributed by atoms with van der Waals surface area (Å²) < 4.78 is 0.788. The van der Waals surface area contributed by atoms with Gasteiger partial charge in [-0.3, -0.25) is 0 Å². The lowest BCUT2D eigenvalue weighted by Crippen LogP contribution is -2.00. The monoisotopic (exact) mass is 346 g/mol. The Balaban J connectivity index is 2.08. The molecule has 0 aliphatic rings. The van der Waals surface area contributed by atoms with Gasteiger partial charge in [-0.05, 0) is 44.4 Å². The fourth-order valence-corrected chi connectivity index (χ4v) is 2.90. The third-order valence-corrected chi connectivity index (χ3v) is 4.68. The first kappa shape index (κ1) is 13.6. The van der Waals surface area contributed by atoms with Crippen molar-refractivity contribution in [3.05, 3.63) is 81.3 Å². The Hall–Kier alpha value is -1.35. The minimum atomic E-state index is -0.732. The molecule has 0 bridgehead atoms. The van der Waals surface area contributed by atoms with Crippen LogP contribution >= 0.6 is 27.5 Å². The van der Waals surface area contributed by atoms with E-state index in [0.29, 0.717) is 10.6 Å². The van der Waals surface area contributed by atoms with Crippen molar-refractivity contribution < 1.29 is 5.11 Å². The number of hydrogen-bond acceptors (Lipinski definition) is 1. The van der Waals surface area contributed by atoms with Crippen molar-refractivity contribution in [1.82, 2.24) is 0 Å². The first-order valence-electron chi connectivity index (χ1n) is 6.27. The van der Waals surface area contributed by atoms with Crippen LogP contribution in [-0.4, -0.2) is 5.11 Å². The smallest absolute Gasteiger partial charge is 0.106 e. The predicted molar refractivity (Wildman–Crippen MR) is 87.2 cm³/mol. The highest BCUT2D eigenvalue weighted by Gasteiger charge is 2.15. The Kier molecular flexibility index (Phi) is 3.79. The summed E-state index contributed by atoms with van der Waals surface area (Å²) in [5, 5.41) is 13.4. The van der Waals surface area contributed by atoms with E-state index in [9.17, 15) is 5.11 Å². The van der Waals surface area contributed by atoms with Crippen LogP contribution in [0.1, 0.15) is 17.2 Å². The topological polar surface area (TPSA) is 20.2 Å². The second-order valence-electron chi connectivity index (χ2n) is 4.65. The van der Waals surface area contributed by atoms with E-state index >= 15 is 0 Å². The van der Waals surface area contributed by atoms with Crippen LogP contribution in [0.2, 0.25) is 5.02 Å². The Labute approximate surface area is 131 Å². The third kappa shape index (κ3) is 2.47. The molecule has 3 aromatic rings. The molecule has 1 atom stereocenters. The van der Waals surface area contributed by atoms with Gasteiger partial charge in [-0.25, -0.2) is 0 Å². The molecule has 3 aromatic carbocycles. The van der Waals surface area contributed by atoms with Crippen LogP contribution in [0.3, 0.4) is 0 Å². The molecule has 1 unspecified atom stereocenters. The Bertz CT molecular complexity index is 770. The summed E-state index contributed by atoms with van der Waals surface area (Å²) in [7, 11) is 0. The number of aliphatic hydroxyl groups is 1. The van der Waals surface area contributed by atoms with Crippen LogP contribution in [0.25, 0.3) is 10.8 Å². The summed E-state index contributed by atoms with van der Waals surface area (Å²) in [6.45, 7) is 0. The first-order valence-corrected chi connectivity index (χ1v) is 7.44. The van der Waals surface area contributed by atoms with E-state index in [1.807, 2.05) is 54.6 Å². The van der Waals surface area contributed by atoms with Gasteiger partial charge in [0.15, 0.2) is 0 Å². The fourth-order valence-electron chi connectivity index (χ4n) is 2.29. The van der Waals surface area contributed by atoms with Crippen LogP contribution in [0, 0.1) is 0 Å². The minimum absolute atomic E-state index is 0.549. The predicted octanol–water partition coefficient (Wildman–Crippen LogP) is 5.34. The molecule has 0 aromatic heterocycles. The molecule has 0 fully saturated rings. The van der Waals surface area contributed by atoms with Gasteiger partial charge in [-0.15, -0.1) is 0 Å². The number of hydrogen-bond donors (Lipinski definition) is 1. The van der Waals surface area contributed by atoms with Crippen LogP contribution < -0.4 is 0 Å². The number of fused-ring (bicyclic) bond motifs is 1. The van der Waals surface area contributed by atoms with Gasteiger partial charge in [0.1, 0.15) is 6.10 Å². The van der Waals surface area contributed by atoms with Gasteiger partial charge in [-0.1, -0.05) is 60.1 Å². The van der Waals surface area contributed by atoms with E-state index in [2.05, 4.69) is 22.0 Å². The molecule has 3 rings (SSSR count). The van der Waals surface area contributed by atoms with Crippen molar-refractivity contribution in [2.75, 3.05) is 0 Å².